The van der Waals surface area contributed by atoms with E-state index in [1.54, 1.807) is 55.1 Å². The van der Waals surface area contributed by atoms with E-state index >= 15 is 0 Å². The van der Waals surface area contributed by atoms with E-state index in [0.29, 0.717) is 22.9 Å². The van der Waals surface area contributed by atoms with Crippen molar-refractivity contribution in [1.82, 2.24) is 14.5 Å². The number of carbonyl (C=O) groups excluding carboxylic acids is 2. The first-order chi connectivity index (χ1) is 17.3. The normalized spacial score (nSPS) is 10.8. The first-order valence-corrected chi connectivity index (χ1v) is 11.2. The van der Waals surface area contributed by atoms with Gasteiger partial charge >= 0.3 is 5.97 Å². The third-order valence-corrected chi connectivity index (χ3v) is 5.81. The van der Waals surface area contributed by atoms with Crippen LogP contribution in [-0.2, 0) is 23.2 Å². The van der Waals surface area contributed by atoms with E-state index in [0.717, 1.165) is 11.3 Å². The zero-order chi connectivity index (χ0) is 25.8. The van der Waals surface area contributed by atoms with Gasteiger partial charge in [0, 0.05) is 7.05 Å². The molecule has 0 saturated heterocycles. The maximum absolute atomic E-state index is 12.9. The summed E-state index contributed by atoms with van der Waals surface area (Å²) in [6.45, 7) is 5.12. The Balaban J connectivity index is 1.34. The van der Waals surface area contributed by atoms with Gasteiger partial charge in [-0.3, -0.25) is 14.3 Å². The van der Waals surface area contributed by atoms with Gasteiger partial charge in [0.1, 0.15) is 23.8 Å². The number of ether oxygens (including phenoxy) is 2. The van der Waals surface area contributed by atoms with Gasteiger partial charge in [-0.15, -0.1) is 0 Å². The second kappa shape index (κ2) is 10.3. The van der Waals surface area contributed by atoms with Crippen molar-refractivity contribution in [2.75, 3.05) is 11.9 Å². The molecule has 0 aliphatic rings. The van der Waals surface area contributed by atoms with Crippen LogP contribution in [0, 0.1) is 20.8 Å². The summed E-state index contributed by atoms with van der Waals surface area (Å²) in [6.07, 6.45) is 0. The molecule has 4 aromatic rings. The van der Waals surface area contributed by atoms with Crippen molar-refractivity contribution in [3.05, 3.63) is 93.2 Å². The predicted octanol–water partition coefficient (Wildman–Crippen LogP) is 3.46. The van der Waals surface area contributed by atoms with Crippen LogP contribution in [0.5, 0.6) is 5.75 Å². The monoisotopic (exact) mass is 490 g/mol. The van der Waals surface area contributed by atoms with Crippen LogP contribution in [0.25, 0.3) is 5.69 Å². The van der Waals surface area contributed by atoms with Gasteiger partial charge in [-0.2, -0.15) is 0 Å². The van der Waals surface area contributed by atoms with Gasteiger partial charge in [-0.25, -0.2) is 9.48 Å². The molecule has 4 rings (SSSR count). The summed E-state index contributed by atoms with van der Waals surface area (Å²) in [4.78, 5) is 37.7. The summed E-state index contributed by atoms with van der Waals surface area (Å²) in [5.74, 6) is -0.0446. The molecule has 0 bridgehead atoms. The molecule has 2 heterocycles. The van der Waals surface area contributed by atoms with E-state index in [1.807, 2.05) is 32.0 Å². The van der Waals surface area contributed by atoms with Crippen molar-refractivity contribution in [2.24, 2.45) is 7.05 Å². The number of para-hydroxylation sites is 1. The lowest BCUT2D eigenvalue weighted by Crippen LogP contribution is -2.25. The fraction of sp³-hybridized carbons (Fsp3) is 0.231. The predicted molar refractivity (Wildman–Crippen MR) is 131 cm³/mol. The van der Waals surface area contributed by atoms with Crippen LogP contribution in [0.3, 0.4) is 0 Å². The van der Waals surface area contributed by atoms with Gasteiger partial charge in [-0.1, -0.05) is 23.4 Å². The molecule has 1 N–H and O–H groups in total. The van der Waals surface area contributed by atoms with Crippen LogP contribution >= 0.6 is 0 Å². The Morgan fingerprint density at radius 2 is 1.72 bits per heavy atom. The van der Waals surface area contributed by atoms with Crippen molar-refractivity contribution in [1.29, 1.82) is 0 Å². The van der Waals surface area contributed by atoms with Gasteiger partial charge in [0.25, 0.3) is 11.5 Å². The maximum atomic E-state index is 12.9. The van der Waals surface area contributed by atoms with Gasteiger partial charge in [0.15, 0.2) is 6.61 Å². The first-order valence-electron chi connectivity index (χ1n) is 11.2. The molecule has 2 aromatic heterocycles. The zero-order valence-electron chi connectivity index (χ0n) is 20.4. The third kappa shape index (κ3) is 5.07. The number of rotatable bonds is 8. The van der Waals surface area contributed by atoms with E-state index in [1.165, 1.54) is 4.68 Å². The van der Waals surface area contributed by atoms with Gasteiger partial charge < -0.3 is 19.3 Å². The molecule has 10 nitrogen and oxygen atoms in total. The number of hydrogen-bond acceptors (Lipinski definition) is 7. The van der Waals surface area contributed by atoms with Crippen molar-refractivity contribution in [3.8, 4) is 11.4 Å². The van der Waals surface area contributed by atoms with E-state index in [4.69, 9.17) is 14.0 Å². The molecular formula is C26H26N4O6. The van der Waals surface area contributed by atoms with Crippen molar-refractivity contribution in [2.45, 2.75) is 27.4 Å². The number of aryl methyl sites for hydroxylation is 2. The van der Waals surface area contributed by atoms with Crippen molar-refractivity contribution < 1.29 is 23.6 Å². The SMILES string of the molecule is Cc1noc(C)c1COc1ccc(C(=O)OCC(=O)Nc2c(C)n(C)n(-c3ccccc3)c2=O)cc1. The van der Waals surface area contributed by atoms with Crippen LogP contribution in [0.4, 0.5) is 5.69 Å². The topological polar surface area (TPSA) is 118 Å². The molecule has 186 valence electrons. The molecule has 36 heavy (non-hydrogen) atoms. The molecule has 0 unspecified atom stereocenters. The fourth-order valence-electron chi connectivity index (χ4n) is 3.65. The number of benzene rings is 2. The maximum Gasteiger partial charge on any atom is 0.338 e. The Bertz CT molecular complexity index is 1430. The average Bonchev–Trinajstić information content (AvgIpc) is 3.31. The number of anilines is 1. The van der Waals surface area contributed by atoms with E-state index in [2.05, 4.69) is 10.5 Å². The van der Waals surface area contributed by atoms with Crippen LogP contribution in [-0.4, -0.2) is 33.0 Å². The Kier molecular flexibility index (Phi) is 7.05. The second-order valence-electron chi connectivity index (χ2n) is 8.18. The Labute approximate surface area is 207 Å². The molecule has 1 amide bonds. The highest BCUT2D eigenvalue weighted by Crippen LogP contribution is 2.18. The quantitative estimate of drug-likeness (QED) is 0.376. The zero-order valence-corrected chi connectivity index (χ0v) is 20.4. The minimum Gasteiger partial charge on any atom is -0.489 e. The van der Waals surface area contributed by atoms with Crippen LogP contribution in [0.1, 0.15) is 33.1 Å². The van der Waals surface area contributed by atoms with Crippen LogP contribution in [0.2, 0.25) is 0 Å². The van der Waals surface area contributed by atoms with Crippen LogP contribution in [0.15, 0.2) is 63.9 Å². The average molecular weight is 491 g/mol. The van der Waals surface area contributed by atoms with E-state index in [-0.39, 0.29) is 23.4 Å². The first kappa shape index (κ1) is 24.5. The Morgan fingerprint density at radius 1 is 1.03 bits per heavy atom. The molecule has 0 atom stereocenters. The summed E-state index contributed by atoms with van der Waals surface area (Å²) < 4.78 is 19.1. The number of carbonyl (C=O) groups is 2. The lowest BCUT2D eigenvalue weighted by molar-refractivity contribution is -0.119. The highest BCUT2D eigenvalue weighted by Gasteiger charge is 2.19. The summed E-state index contributed by atoms with van der Waals surface area (Å²) in [7, 11) is 1.72. The second-order valence-corrected chi connectivity index (χ2v) is 8.18. The highest BCUT2D eigenvalue weighted by molar-refractivity contribution is 5.95. The fourth-order valence-corrected chi connectivity index (χ4v) is 3.65. The number of hydrogen-bond donors (Lipinski definition) is 1. The minimum absolute atomic E-state index is 0.127. The van der Waals surface area contributed by atoms with Crippen molar-refractivity contribution in [3.63, 3.8) is 0 Å². The lowest BCUT2D eigenvalue weighted by atomic mass is 10.2. The van der Waals surface area contributed by atoms with Gasteiger partial charge in [0.05, 0.1) is 28.2 Å². The number of nitrogens with zero attached hydrogens (tertiary/aromatic N) is 3. The van der Waals surface area contributed by atoms with Gasteiger partial charge in [0.2, 0.25) is 0 Å². The number of nitrogens with one attached hydrogen (secondary N) is 1. The molecule has 0 aliphatic heterocycles. The smallest absolute Gasteiger partial charge is 0.338 e. The van der Waals surface area contributed by atoms with E-state index in [9.17, 15) is 14.4 Å². The molecule has 0 saturated carbocycles. The number of amides is 1. The van der Waals surface area contributed by atoms with Crippen molar-refractivity contribution >= 4 is 17.6 Å². The molecule has 0 radical (unpaired) electrons. The van der Waals surface area contributed by atoms with Gasteiger partial charge in [-0.05, 0) is 57.2 Å². The lowest BCUT2D eigenvalue weighted by Gasteiger charge is -2.08. The molecule has 0 spiro atoms. The van der Waals surface area contributed by atoms with Crippen LogP contribution < -0.4 is 15.6 Å². The summed E-state index contributed by atoms with van der Waals surface area (Å²) in [5.41, 5.74) is 2.87. The highest BCUT2D eigenvalue weighted by atomic mass is 16.5. The molecule has 0 fully saturated rings. The Hall–Kier alpha value is -4.60. The number of esters is 1. The molecular weight excluding hydrogens is 464 g/mol. The molecule has 0 aliphatic carbocycles. The Morgan fingerprint density at radius 3 is 2.36 bits per heavy atom. The molecule has 10 heteroatoms. The summed E-state index contributed by atoms with van der Waals surface area (Å²) >= 11 is 0. The standard InChI is InChI=1S/C26H26N4O6/c1-16-22(18(3)36-28-16)14-34-21-12-10-19(11-13-21)26(33)35-15-23(31)27-24-17(2)29(4)30(25(24)32)20-8-6-5-7-9-20/h5-13H,14-15H2,1-4H3,(H,27,31). The number of aromatic nitrogens is 3. The molecule has 2 aromatic carbocycles. The largest absolute Gasteiger partial charge is 0.489 e. The van der Waals surface area contributed by atoms with E-state index < -0.39 is 18.5 Å². The third-order valence-electron chi connectivity index (χ3n) is 5.81. The summed E-state index contributed by atoms with van der Waals surface area (Å²) in [5, 5.41) is 6.45. The minimum atomic E-state index is -0.672. The summed E-state index contributed by atoms with van der Waals surface area (Å²) in [6, 6.07) is 15.4.